The molecule has 0 bridgehead atoms. The number of amides is 2. The molecular weight excluding hydrogens is 516 g/mol. The summed E-state index contributed by atoms with van der Waals surface area (Å²) in [6.07, 6.45) is 0.692. The summed E-state index contributed by atoms with van der Waals surface area (Å²) in [7, 11) is 3.99. The molecule has 202 valence electrons. The van der Waals surface area contributed by atoms with E-state index in [4.69, 9.17) is 16.6 Å². The van der Waals surface area contributed by atoms with Crippen LogP contribution in [0.5, 0.6) is 0 Å². The smallest absolute Gasteiger partial charge is 0.307 e. The second kappa shape index (κ2) is 12.2. The van der Waals surface area contributed by atoms with Crippen molar-refractivity contribution < 1.29 is 19.5 Å². The molecule has 3 aromatic carbocycles. The van der Waals surface area contributed by atoms with Crippen molar-refractivity contribution >= 4 is 52.2 Å². The van der Waals surface area contributed by atoms with E-state index < -0.39 is 11.9 Å². The number of anilines is 2. The number of aliphatic imine (C=N–C) groups is 1. The molecule has 0 saturated carbocycles. The van der Waals surface area contributed by atoms with E-state index in [1.165, 1.54) is 0 Å². The van der Waals surface area contributed by atoms with Crippen LogP contribution in [-0.4, -0.2) is 60.7 Å². The van der Waals surface area contributed by atoms with Gasteiger partial charge in [0.25, 0.3) is 0 Å². The minimum absolute atomic E-state index is 0.0427. The Bertz CT molecular complexity index is 1420. The van der Waals surface area contributed by atoms with E-state index in [9.17, 15) is 19.5 Å². The molecule has 0 saturated heterocycles. The van der Waals surface area contributed by atoms with Gasteiger partial charge in [0.05, 0.1) is 17.8 Å². The molecule has 4 rings (SSSR count). The van der Waals surface area contributed by atoms with Gasteiger partial charge in [0.15, 0.2) is 0 Å². The lowest BCUT2D eigenvalue weighted by Gasteiger charge is -2.22. The molecule has 0 radical (unpaired) electrons. The van der Waals surface area contributed by atoms with Crippen molar-refractivity contribution in [2.24, 2.45) is 4.99 Å². The van der Waals surface area contributed by atoms with Gasteiger partial charge in [-0.25, -0.2) is 0 Å². The highest BCUT2D eigenvalue weighted by Gasteiger charge is 2.35. The summed E-state index contributed by atoms with van der Waals surface area (Å²) >= 11 is 6.16. The topological polar surface area (TPSA) is 102 Å². The van der Waals surface area contributed by atoms with Gasteiger partial charge < -0.3 is 20.2 Å². The molecule has 2 N–H and O–H groups in total. The number of nitrogens with one attached hydrogen (secondary N) is 1. The number of benzene rings is 3. The van der Waals surface area contributed by atoms with Gasteiger partial charge >= 0.3 is 5.97 Å². The predicted molar refractivity (Wildman–Crippen MR) is 154 cm³/mol. The standard InChI is InChI=1S/C30H31ClN4O4/c1-19(36)35(15-5-14-34(2)3)24-11-9-23(10-12-24)32-29(21-7-4-6-20(16-21)17-27(37)38)28-25-13-8-22(31)18-26(25)33-30(28)39/h4,6-13,16,18,28H,5,14-15,17H2,1-3H3,(H,33,39)(H,37,38). The zero-order valence-corrected chi connectivity index (χ0v) is 22.9. The number of rotatable bonds is 10. The summed E-state index contributed by atoms with van der Waals surface area (Å²) in [5.41, 5.74) is 4.47. The summed E-state index contributed by atoms with van der Waals surface area (Å²) in [4.78, 5) is 45.6. The zero-order valence-electron chi connectivity index (χ0n) is 22.1. The van der Waals surface area contributed by atoms with Crippen LogP contribution in [0.15, 0.2) is 71.7 Å². The van der Waals surface area contributed by atoms with Crippen LogP contribution in [0.2, 0.25) is 5.02 Å². The summed E-state index contributed by atoms with van der Waals surface area (Å²) < 4.78 is 0. The molecule has 0 fully saturated rings. The van der Waals surface area contributed by atoms with Crippen molar-refractivity contribution in [3.63, 3.8) is 0 Å². The van der Waals surface area contributed by atoms with Gasteiger partial charge in [-0.1, -0.05) is 35.9 Å². The molecule has 0 spiro atoms. The average molecular weight is 547 g/mol. The third-order valence-electron chi connectivity index (χ3n) is 6.48. The molecule has 1 aliphatic heterocycles. The van der Waals surface area contributed by atoms with Crippen molar-refractivity contribution in [3.05, 3.63) is 88.4 Å². The number of fused-ring (bicyclic) bond motifs is 1. The Hall–Kier alpha value is -4.01. The monoisotopic (exact) mass is 546 g/mol. The summed E-state index contributed by atoms with van der Waals surface area (Å²) in [6.45, 7) is 3.01. The number of aliphatic carboxylic acids is 1. The van der Waals surface area contributed by atoms with Crippen LogP contribution in [0.4, 0.5) is 17.1 Å². The first-order valence-corrected chi connectivity index (χ1v) is 13.0. The minimum atomic E-state index is -0.944. The van der Waals surface area contributed by atoms with Crippen molar-refractivity contribution in [2.45, 2.75) is 25.7 Å². The Morgan fingerprint density at radius 3 is 2.44 bits per heavy atom. The number of nitrogens with zero attached hydrogens (tertiary/aromatic N) is 3. The lowest BCUT2D eigenvalue weighted by atomic mass is 9.89. The maximum absolute atomic E-state index is 13.2. The predicted octanol–water partition coefficient (Wildman–Crippen LogP) is 5.13. The molecule has 2 amide bonds. The van der Waals surface area contributed by atoms with E-state index in [-0.39, 0.29) is 18.2 Å². The van der Waals surface area contributed by atoms with E-state index in [2.05, 4.69) is 10.2 Å². The average Bonchev–Trinajstić information content (AvgIpc) is 3.19. The van der Waals surface area contributed by atoms with Crippen molar-refractivity contribution in [1.82, 2.24) is 4.90 Å². The first-order valence-electron chi connectivity index (χ1n) is 12.7. The number of hydrogen-bond acceptors (Lipinski definition) is 5. The van der Waals surface area contributed by atoms with Gasteiger partial charge in [0, 0.05) is 29.9 Å². The van der Waals surface area contributed by atoms with E-state index in [0.29, 0.717) is 39.8 Å². The van der Waals surface area contributed by atoms with Crippen LogP contribution in [0, 0.1) is 0 Å². The number of hydrogen-bond donors (Lipinski definition) is 2. The maximum Gasteiger partial charge on any atom is 0.307 e. The molecule has 0 aromatic heterocycles. The molecule has 1 aliphatic rings. The van der Waals surface area contributed by atoms with Crippen LogP contribution >= 0.6 is 11.6 Å². The van der Waals surface area contributed by atoms with E-state index in [1.54, 1.807) is 48.2 Å². The fourth-order valence-electron chi connectivity index (χ4n) is 4.68. The molecule has 1 unspecified atom stereocenters. The van der Waals surface area contributed by atoms with Gasteiger partial charge in [-0.15, -0.1) is 0 Å². The van der Waals surface area contributed by atoms with E-state index >= 15 is 0 Å². The fourth-order valence-corrected chi connectivity index (χ4v) is 4.85. The van der Waals surface area contributed by atoms with Gasteiger partial charge in [0.1, 0.15) is 5.92 Å². The first kappa shape index (κ1) is 28.0. The fraction of sp³-hybridized carbons (Fsp3) is 0.267. The lowest BCUT2D eigenvalue weighted by Crippen LogP contribution is -2.31. The molecule has 9 heteroatoms. The molecule has 8 nitrogen and oxygen atoms in total. The number of halogens is 1. The third-order valence-corrected chi connectivity index (χ3v) is 6.71. The van der Waals surface area contributed by atoms with Gasteiger partial charge in [-0.2, -0.15) is 0 Å². The third kappa shape index (κ3) is 6.90. The minimum Gasteiger partial charge on any atom is -0.481 e. The molecule has 1 heterocycles. The molecule has 1 atom stereocenters. The highest BCUT2D eigenvalue weighted by atomic mass is 35.5. The van der Waals surface area contributed by atoms with Crippen molar-refractivity contribution in [2.75, 3.05) is 37.4 Å². The highest BCUT2D eigenvalue weighted by Crippen LogP contribution is 2.38. The number of carboxylic acid groups (broad SMARTS) is 1. The van der Waals surface area contributed by atoms with Gasteiger partial charge in [0.2, 0.25) is 11.8 Å². The Kier molecular flexibility index (Phi) is 8.79. The Labute approximate surface area is 232 Å². The molecule has 39 heavy (non-hydrogen) atoms. The largest absolute Gasteiger partial charge is 0.481 e. The maximum atomic E-state index is 13.2. The van der Waals surface area contributed by atoms with Crippen LogP contribution < -0.4 is 10.2 Å². The Morgan fingerprint density at radius 1 is 1.03 bits per heavy atom. The number of carboxylic acids is 1. The van der Waals surface area contributed by atoms with Crippen LogP contribution in [-0.2, 0) is 20.8 Å². The number of carbonyl (C=O) groups is 3. The second-order valence-electron chi connectivity index (χ2n) is 9.77. The summed E-state index contributed by atoms with van der Waals surface area (Å²) in [5, 5.41) is 12.7. The number of carbonyl (C=O) groups excluding carboxylic acids is 2. The molecular formula is C30H31ClN4O4. The van der Waals surface area contributed by atoms with Crippen molar-refractivity contribution in [3.8, 4) is 0 Å². The SMILES string of the molecule is CC(=O)N(CCCN(C)C)c1ccc(N=C(c2cccc(CC(=O)O)c2)C2C(=O)Nc3cc(Cl)ccc32)cc1. The second-order valence-corrected chi connectivity index (χ2v) is 10.2. The van der Waals surface area contributed by atoms with Gasteiger partial charge in [-0.05, 0) is 86.2 Å². The van der Waals surface area contributed by atoms with E-state index in [0.717, 1.165) is 24.2 Å². The van der Waals surface area contributed by atoms with Gasteiger partial charge in [-0.3, -0.25) is 19.4 Å². The quantitative estimate of drug-likeness (QED) is 0.343. The Morgan fingerprint density at radius 2 is 1.77 bits per heavy atom. The van der Waals surface area contributed by atoms with Crippen LogP contribution in [0.25, 0.3) is 0 Å². The molecule has 0 aliphatic carbocycles. The normalized spacial score (nSPS) is 14.7. The lowest BCUT2D eigenvalue weighted by molar-refractivity contribution is -0.136. The Balaban J connectivity index is 1.73. The summed E-state index contributed by atoms with van der Waals surface area (Å²) in [6, 6.07) is 19.6. The zero-order chi connectivity index (χ0) is 28.1. The molecule has 3 aromatic rings. The highest BCUT2D eigenvalue weighted by molar-refractivity contribution is 6.31. The van der Waals surface area contributed by atoms with Crippen LogP contribution in [0.1, 0.15) is 36.0 Å². The van der Waals surface area contributed by atoms with E-state index in [1.807, 2.05) is 44.4 Å². The first-order chi connectivity index (χ1) is 18.6. The van der Waals surface area contributed by atoms with Crippen molar-refractivity contribution in [1.29, 1.82) is 0 Å². The van der Waals surface area contributed by atoms with Crippen LogP contribution in [0.3, 0.4) is 0 Å². The summed E-state index contributed by atoms with van der Waals surface area (Å²) in [5.74, 6) is -1.94.